The van der Waals surface area contributed by atoms with Gasteiger partial charge in [-0.05, 0) is 53.6 Å². The minimum Gasteiger partial charge on any atom is -0.489 e. The number of hydrogen-bond acceptors (Lipinski definition) is 4. The van der Waals surface area contributed by atoms with Crippen LogP contribution in [0.1, 0.15) is 22.3 Å². The van der Waals surface area contributed by atoms with Crippen LogP contribution in [0, 0.1) is 6.92 Å². The molecule has 1 fully saturated rings. The van der Waals surface area contributed by atoms with Gasteiger partial charge >= 0.3 is 0 Å². The quantitative estimate of drug-likeness (QED) is 0.477. The molecule has 3 aromatic carbocycles. The SMILES string of the molecule is Cc1cccc(CN2C(=O)S/C(=C\c3cccc(OCc4ccccc4)c3)C2=O)c1. The standard InChI is InChI=1S/C25H21NO3S/c1-18-7-5-11-21(13-18)16-26-24(27)23(30-25(26)28)15-20-10-6-12-22(14-20)29-17-19-8-3-2-4-9-19/h2-15H,16-17H2,1H3/b23-15-. The molecule has 0 aromatic heterocycles. The van der Waals surface area contributed by atoms with Crippen molar-refractivity contribution in [3.05, 3.63) is 106 Å². The number of nitrogens with zero attached hydrogens (tertiary/aromatic N) is 1. The Bertz CT molecular complexity index is 1110. The Morgan fingerprint density at radius 1 is 0.900 bits per heavy atom. The van der Waals surface area contributed by atoms with Crippen molar-refractivity contribution in [3.8, 4) is 5.75 Å². The van der Waals surface area contributed by atoms with E-state index in [2.05, 4.69) is 0 Å². The van der Waals surface area contributed by atoms with Crippen molar-refractivity contribution in [1.82, 2.24) is 4.90 Å². The summed E-state index contributed by atoms with van der Waals surface area (Å²) in [4.78, 5) is 26.9. The molecule has 150 valence electrons. The number of aryl methyl sites for hydroxylation is 1. The molecule has 0 unspecified atom stereocenters. The maximum absolute atomic E-state index is 12.8. The summed E-state index contributed by atoms with van der Waals surface area (Å²) < 4.78 is 5.86. The summed E-state index contributed by atoms with van der Waals surface area (Å²) >= 11 is 0.974. The van der Waals surface area contributed by atoms with Crippen LogP contribution in [0.4, 0.5) is 4.79 Å². The summed E-state index contributed by atoms with van der Waals surface area (Å²) in [6, 6.07) is 25.3. The maximum atomic E-state index is 12.8. The fourth-order valence-corrected chi connectivity index (χ4v) is 4.05. The third-order valence-electron chi connectivity index (χ3n) is 4.70. The number of imide groups is 1. The van der Waals surface area contributed by atoms with Gasteiger partial charge in [0.1, 0.15) is 12.4 Å². The molecule has 2 amide bonds. The van der Waals surface area contributed by atoms with Gasteiger partial charge in [0.25, 0.3) is 11.1 Å². The molecule has 1 saturated heterocycles. The highest BCUT2D eigenvalue weighted by atomic mass is 32.2. The lowest BCUT2D eigenvalue weighted by Crippen LogP contribution is -2.27. The van der Waals surface area contributed by atoms with Crippen molar-refractivity contribution < 1.29 is 14.3 Å². The topological polar surface area (TPSA) is 46.6 Å². The molecule has 30 heavy (non-hydrogen) atoms. The molecule has 0 N–H and O–H groups in total. The van der Waals surface area contributed by atoms with Crippen LogP contribution in [-0.4, -0.2) is 16.0 Å². The van der Waals surface area contributed by atoms with Gasteiger partial charge in [0, 0.05) is 0 Å². The molecule has 3 aromatic rings. The Morgan fingerprint density at radius 3 is 2.47 bits per heavy atom. The van der Waals surface area contributed by atoms with Crippen molar-refractivity contribution in [3.63, 3.8) is 0 Å². The molecule has 0 saturated carbocycles. The van der Waals surface area contributed by atoms with E-state index in [1.807, 2.05) is 85.8 Å². The first kappa shape index (κ1) is 20.0. The van der Waals surface area contributed by atoms with Crippen LogP contribution in [0.15, 0.2) is 83.8 Å². The van der Waals surface area contributed by atoms with Crippen LogP contribution >= 0.6 is 11.8 Å². The monoisotopic (exact) mass is 415 g/mol. The zero-order valence-corrected chi connectivity index (χ0v) is 17.4. The fourth-order valence-electron chi connectivity index (χ4n) is 3.22. The number of rotatable bonds is 6. The maximum Gasteiger partial charge on any atom is 0.293 e. The Morgan fingerprint density at radius 2 is 1.67 bits per heavy atom. The van der Waals surface area contributed by atoms with Gasteiger partial charge in [-0.15, -0.1) is 0 Å². The normalized spacial score (nSPS) is 15.1. The first-order chi connectivity index (χ1) is 14.6. The average molecular weight is 416 g/mol. The number of ether oxygens (including phenoxy) is 1. The Kier molecular flexibility index (Phi) is 6.00. The second-order valence-electron chi connectivity index (χ2n) is 7.10. The van der Waals surface area contributed by atoms with Crippen molar-refractivity contribution in [1.29, 1.82) is 0 Å². The number of carbonyl (C=O) groups is 2. The summed E-state index contributed by atoms with van der Waals surface area (Å²) in [5.74, 6) is 0.453. The zero-order valence-electron chi connectivity index (χ0n) is 16.6. The van der Waals surface area contributed by atoms with E-state index in [0.29, 0.717) is 17.3 Å². The number of benzene rings is 3. The molecule has 0 aliphatic carbocycles. The zero-order chi connectivity index (χ0) is 20.9. The van der Waals surface area contributed by atoms with Gasteiger partial charge in [0.05, 0.1) is 11.4 Å². The van der Waals surface area contributed by atoms with Crippen LogP contribution in [0.3, 0.4) is 0 Å². The molecule has 4 nitrogen and oxygen atoms in total. The lowest BCUT2D eigenvalue weighted by atomic mass is 10.1. The van der Waals surface area contributed by atoms with Crippen LogP contribution < -0.4 is 4.74 Å². The summed E-state index contributed by atoms with van der Waals surface area (Å²) in [5, 5.41) is -0.246. The van der Waals surface area contributed by atoms with Crippen LogP contribution in [-0.2, 0) is 17.9 Å². The number of hydrogen-bond donors (Lipinski definition) is 0. The number of amides is 2. The molecule has 0 spiro atoms. The molecule has 0 atom stereocenters. The van der Waals surface area contributed by atoms with Gasteiger partial charge in [0.2, 0.25) is 0 Å². The molecule has 0 radical (unpaired) electrons. The minimum absolute atomic E-state index is 0.246. The smallest absolute Gasteiger partial charge is 0.293 e. The van der Waals surface area contributed by atoms with Crippen LogP contribution in [0.2, 0.25) is 0 Å². The van der Waals surface area contributed by atoms with E-state index in [0.717, 1.165) is 34.0 Å². The van der Waals surface area contributed by atoms with E-state index in [1.54, 1.807) is 6.08 Å². The van der Waals surface area contributed by atoms with Gasteiger partial charge in [-0.2, -0.15) is 0 Å². The third kappa shape index (κ3) is 4.81. The van der Waals surface area contributed by atoms with E-state index in [9.17, 15) is 9.59 Å². The summed E-state index contributed by atoms with van der Waals surface area (Å²) in [5.41, 5.74) is 3.94. The Balaban J connectivity index is 1.46. The van der Waals surface area contributed by atoms with Gasteiger partial charge in [-0.3, -0.25) is 14.5 Å². The van der Waals surface area contributed by atoms with Crippen molar-refractivity contribution in [2.75, 3.05) is 0 Å². The molecule has 0 bridgehead atoms. The van der Waals surface area contributed by atoms with Gasteiger partial charge < -0.3 is 4.74 Å². The lowest BCUT2D eigenvalue weighted by molar-refractivity contribution is -0.123. The van der Waals surface area contributed by atoms with Crippen LogP contribution in [0.5, 0.6) is 5.75 Å². The average Bonchev–Trinajstić information content (AvgIpc) is 3.01. The predicted octanol–water partition coefficient (Wildman–Crippen LogP) is 5.81. The van der Waals surface area contributed by atoms with E-state index in [-0.39, 0.29) is 17.7 Å². The lowest BCUT2D eigenvalue weighted by Gasteiger charge is -2.12. The van der Waals surface area contributed by atoms with Gasteiger partial charge in [-0.1, -0.05) is 72.3 Å². The van der Waals surface area contributed by atoms with Crippen molar-refractivity contribution >= 4 is 29.0 Å². The highest BCUT2D eigenvalue weighted by molar-refractivity contribution is 8.18. The molecular formula is C25H21NO3S. The van der Waals surface area contributed by atoms with Crippen molar-refractivity contribution in [2.45, 2.75) is 20.1 Å². The van der Waals surface area contributed by atoms with E-state index < -0.39 is 0 Å². The molecule has 5 heteroatoms. The second-order valence-corrected chi connectivity index (χ2v) is 8.10. The Labute approximate surface area is 180 Å². The first-order valence-corrected chi connectivity index (χ1v) is 10.5. The van der Waals surface area contributed by atoms with Crippen molar-refractivity contribution in [2.24, 2.45) is 0 Å². The van der Waals surface area contributed by atoms with E-state index in [4.69, 9.17) is 4.74 Å². The first-order valence-electron chi connectivity index (χ1n) is 9.66. The second kappa shape index (κ2) is 9.01. The number of carbonyl (C=O) groups excluding carboxylic acids is 2. The van der Waals surface area contributed by atoms with Gasteiger partial charge in [0.15, 0.2) is 0 Å². The van der Waals surface area contributed by atoms with E-state index >= 15 is 0 Å². The molecular weight excluding hydrogens is 394 g/mol. The highest BCUT2D eigenvalue weighted by Gasteiger charge is 2.34. The summed E-state index contributed by atoms with van der Waals surface area (Å²) in [6.45, 7) is 2.74. The summed E-state index contributed by atoms with van der Waals surface area (Å²) in [7, 11) is 0. The minimum atomic E-state index is -0.262. The van der Waals surface area contributed by atoms with Crippen LogP contribution in [0.25, 0.3) is 6.08 Å². The molecule has 4 rings (SSSR count). The fraction of sp³-hybridized carbons (Fsp3) is 0.120. The summed E-state index contributed by atoms with van der Waals surface area (Å²) in [6.07, 6.45) is 1.75. The third-order valence-corrected chi connectivity index (χ3v) is 5.61. The Hall–Kier alpha value is -3.31. The molecule has 1 aliphatic heterocycles. The largest absolute Gasteiger partial charge is 0.489 e. The predicted molar refractivity (Wildman–Crippen MR) is 120 cm³/mol. The highest BCUT2D eigenvalue weighted by Crippen LogP contribution is 2.33. The number of thioether (sulfide) groups is 1. The molecule has 1 heterocycles. The molecule has 1 aliphatic rings. The van der Waals surface area contributed by atoms with E-state index in [1.165, 1.54) is 4.90 Å². The van der Waals surface area contributed by atoms with Gasteiger partial charge in [-0.25, -0.2) is 0 Å².